The van der Waals surface area contributed by atoms with Crippen LogP contribution in [0, 0.1) is 11.7 Å². The first kappa shape index (κ1) is 15.5. The summed E-state index contributed by atoms with van der Waals surface area (Å²) in [6.45, 7) is 4.45. The fourth-order valence-corrected chi connectivity index (χ4v) is 4.00. The monoisotopic (exact) mass is 298 g/mol. The summed E-state index contributed by atoms with van der Waals surface area (Å²) in [6.07, 6.45) is 8.28. The maximum absolute atomic E-state index is 15.0. The van der Waals surface area contributed by atoms with Crippen LogP contribution in [0.2, 0.25) is 0 Å². The highest BCUT2D eigenvalue weighted by Crippen LogP contribution is 2.39. The summed E-state index contributed by atoms with van der Waals surface area (Å²) >= 11 is 0. The third-order valence-electron chi connectivity index (χ3n) is 5.45. The number of halogens is 1. The van der Waals surface area contributed by atoms with Gasteiger partial charge in [0.05, 0.1) is 0 Å². The van der Waals surface area contributed by atoms with Crippen molar-refractivity contribution in [3.63, 3.8) is 0 Å². The lowest BCUT2D eigenvalue weighted by atomic mass is 9.77. The molecule has 0 amide bonds. The highest BCUT2D eigenvalue weighted by molar-refractivity contribution is 5.84. The molecule has 1 aliphatic carbocycles. The summed E-state index contributed by atoms with van der Waals surface area (Å²) in [4.78, 5) is 0. The third-order valence-corrected chi connectivity index (χ3v) is 5.45. The van der Waals surface area contributed by atoms with Crippen molar-refractivity contribution >= 4 is 10.8 Å². The van der Waals surface area contributed by atoms with Gasteiger partial charge in [-0.15, -0.1) is 0 Å². The predicted octanol–water partition coefficient (Wildman–Crippen LogP) is 6.62. The van der Waals surface area contributed by atoms with E-state index < -0.39 is 0 Å². The second kappa shape index (κ2) is 6.81. The summed E-state index contributed by atoms with van der Waals surface area (Å²) in [6, 6.07) is 10.4. The Hall–Kier alpha value is -1.37. The summed E-state index contributed by atoms with van der Waals surface area (Å²) in [5, 5.41) is 1.85. The zero-order chi connectivity index (χ0) is 15.5. The van der Waals surface area contributed by atoms with E-state index in [1.165, 1.54) is 24.8 Å². The number of hydrogen-bond donors (Lipinski definition) is 0. The van der Waals surface area contributed by atoms with Crippen LogP contribution in [0.15, 0.2) is 30.3 Å². The quantitative estimate of drug-likeness (QED) is 0.595. The van der Waals surface area contributed by atoms with E-state index in [2.05, 4.69) is 32.0 Å². The van der Waals surface area contributed by atoms with E-state index in [-0.39, 0.29) is 5.82 Å². The first-order chi connectivity index (χ1) is 10.7. The van der Waals surface area contributed by atoms with Crippen LogP contribution in [0.4, 0.5) is 4.39 Å². The minimum Gasteiger partial charge on any atom is -0.206 e. The first-order valence-electron chi connectivity index (χ1n) is 8.94. The molecule has 0 bridgehead atoms. The molecular weight excluding hydrogens is 271 g/mol. The zero-order valence-electron chi connectivity index (χ0n) is 13.9. The van der Waals surface area contributed by atoms with E-state index in [0.717, 1.165) is 47.9 Å². The lowest BCUT2D eigenvalue weighted by Crippen LogP contribution is -2.13. The molecule has 2 aromatic rings. The minimum absolute atomic E-state index is 0.0282. The van der Waals surface area contributed by atoms with E-state index in [4.69, 9.17) is 0 Å². The van der Waals surface area contributed by atoms with Crippen LogP contribution in [0.25, 0.3) is 10.8 Å². The van der Waals surface area contributed by atoms with E-state index in [0.29, 0.717) is 5.92 Å². The first-order valence-corrected chi connectivity index (χ1v) is 8.94. The smallest absolute Gasteiger partial charge is 0.134 e. The molecular formula is C21H27F. The summed E-state index contributed by atoms with van der Waals surface area (Å²) < 4.78 is 15.0. The van der Waals surface area contributed by atoms with Gasteiger partial charge in [-0.05, 0) is 60.5 Å². The zero-order valence-corrected chi connectivity index (χ0v) is 13.9. The Morgan fingerprint density at radius 3 is 2.45 bits per heavy atom. The van der Waals surface area contributed by atoms with Crippen molar-refractivity contribution in [3.8, 4) is 0 Å². The molecule has 0 saturated heterocycles. The average Bonchev–Trinajstić information content (AvgIpc) is 2.56. The number of fused-ring (bicyclic) bond motifs is 1. The van der Waals surface area contributed by atoms with Gasteiger partial charge in [-0.2, -0.15) is 0 Å². The molecule has 0 radical (unpaired) electrons. The molecule has 0 aliphatic heterocycles. The van der Waals surface area contributed by atoms with E-state index in [9.17, 15) is 4.39 Å². The molecule has 0 heterocycles. The van der Waals surface area contributed by atoms with Gasteiger partial charge in [-0.3, -0.25) is 0 Å². The Morgan fingerprint density at radius 1 is 1.00 bits per heavy atom. The molecule has 3 rings (SSSR count). The van der Waals surface area contributed by atoms with Gasteiger partial charge in [-0.25, -0.2) is 4.39 Å². The summed E-state index contributed by atoms with van der Waals surface area (Å²) in [5.41, 5.74) is 2.26. The lowest BCUT2D eigenvalue weighted by Gasteiger charge is -2.28. The predicted molar refractivity (Wildman–Crippen MR) is 92.9 cm³/mol. The van der Waals surface area contributed by atoms with Gasteiger partial charge in [0.1, 0.15) is 5.82 Å². The van der Waals surface area contributed by atoms with Gasteiger partial charge in [-0.1, -0.05) is 57.0 Å². The molecule has 1 saturated carbocycles. The molecule has 118 valence electrons. The second-order valence-electron chi connectivity index (χ2n) is 6.90. The van der Waals surface area contributed by atoms with Crippen molar-refractivity contribution in [2.75, 3.05) is 0 Å². The average molecular weight is 298 g/mol. The van der Waals surface area contributed by atoms with Crippen LogP contribution in [-0.2, 0) is 6.42 Å². The molecule has 0 N–H and O–H groups in total. The third kappa shape index (κ3) is 3.04. The van der Waals surface area contributed by atoms with E-state index in [1.54, 1.807) is 0 Å². The molecule has 0 spiro atoms. The highest BCUT2D eigenvalue weighted by atomic mass is 19.1. The van der Waals surface area contributed by atoms with Crippen molar-refractivity contribution in [1.82, 2.24) is 0 Å². The van der Waals surface area contributed by atoms with E-state index >= 15 is 0 Å². The maximum Gasteiger partial charge on any atom is 0.134 e. The maximum atomic E-state index is 15.0. The van der Waals surface area contributed by atoms with Gasteiger partial charge in [0.25, 0.3) is 0 Å². The molecule has 1 aliphatic rings. The highest BCUT2D eigenvalue weighted by Gasteiger charge is 2.24. The van der Waals surface area contributed by atoms with Crippen LogP contribution < -0.4 is 0 Å². The van der Waals surface area contributed by atoms with Crippen LogP contribution in [0.1, 0.15) is 69.4 Å². The SMILES string of the molecule is CCCc1ccc2c(F)c(C3CCC(CC)CC3)ccc2c1. The molecule has 0 atom stereocenters. The van der Waals surface area contributed by atoms with Crippen LogP contribution in [-0.4, -0.2) is 0 Å². The molecule has 0 nitrogen and oxygen atoms in total. The van der Waals surface area contributed by atoms with Gasteiger partial charge in [0.2, 0.25) is 0 Å². The van der Waals surface area contributed by atoms with Crippen molar-refractivity contribution in [3.05, 3.63) is 47.3 Å². The summed E-state index contributed by atoms with van der Waals surface area (Å²) in [7, 11) is 0. The Kier molecular flexibility index (Phi) is 4.81. The van der Waals surface area contributed by atoms with Crippen LogP contribution in [0.3, 0.4) is 0 Å². The fourth-order valence-electron chi connectivity index (χ4n) is 4.00. The minimum atomic E-state index is 0.0282. The fraction of sp³-hybridized carbons (Fsp3) is 0.524. The molecule has 1 heteroatoms. The standard InChI is InChI=1S/C21H27F/c1-3-5-16-8-12-20-18(14-16)11-13-19(21(20)22)17-9-6-15(4-2)7-10-17/h8,11-15,17H,3-7,9-10H2,1-2H3. The van der Waals surface area contributed by atoms with Crippen molar-refractivity contribution < 1.29 is 4.39 Å². The summed E-state index contributed by atoms with van der Waals surface area (Å²) in [5.74, 6) is 1.30. The number of hydrogen-bond acceptors (Lipinski definition) is 0. The van der Waals surface area contributed by atoms with Gasteiger partial charge >= 0.3 is 0 Å². The van der Waals surface area contributed by atoms with Gasteiger partial charge < -0.3 is 0 Å². The lowest BCUT2D eigenvalue weighted by molar-refractivity contribution is 0.315. The molecule has 22 heavy (non-hydrogen) atoms. The second-order valence-corrected chi connectivity index (χ2v) is 6.90. The Morgan fingerprint density at radius 2 is 1.77 bits per heavy atom. The topological polar surface area (TPSA) is 0 Å². The van der Waals surface area contributed by atoms with E-state index in [1.807, 2.05) is 12.1 Å². The van der Waals surface area contributed by atoms with Crippen molar-refractivity contribution in [2.45, 2.75) is 64.7 Å². The van der Waals surface area contributed by atoms with Crippen molar-refractivity contribution in [1.29, 1.82) is 0 Å². The molecule has 0 aromatic heterocycles. The van der Waals surface area contributed by atoms with Gasteiger partial charge in [0, 0.05) is 5.39 Å². The number of benzene rings is 2. The molecule has 2 aromatic carbocycles. The number of rotatable bonds is 4. The Balaban J connectivity index is 1.88. The Bertz CT molecular complexity index is 636. The normalized spacial score (nSPS) is 22.1. The largest absolute Gasteiger partial charge is 0.206 e. The number of aryl methyl sites for hydroxylation is 1. The van der Waals surface area contributed by atoms with Crippen LogP contribution >= 0.6 is 0 Å². The Labute approximate surface area is 133 Å². The van der Waals surface area contributed by atoms with Crippen molar-refractivity contribution in [2.24, 2.45) is 5.92 Å². The molecule has 1 fully saturated rings. The van der Waals surface area contributed by atoms with Gasteiger partial charge in [0.15, 0.2) is 0 Å². The van der Waals surface area contributed by atoms with Crippen LogP contribution in [0.5, 0.6) is 0 Å². The molecule has 0 unspecified atom stereocenters.